The van der Waals surface area contributed by atoms with E-state index in [1.807, 2.05) is 4.90 Å². The van der Waals surface area contributed by atoms with Crippen molar-refractivity contribution in [1.29, 1.82) is 0 Å². The summed E-state index contributed by atoms with van der Waals surface area (Å²) < 4.78 is 23.5. The van der Waals surface area contributed by atoms with Crippen LogP contribution in [0.4, 0.5) is 20.6 Å². The molecule has 2 rings (SSSR count). The number of anilines is 2. The summed E-state index contributed by atoms with van der Waals surface area (Å²) in [6.07, 6.45) is 0.319. The minimum Gasteiger partial charge on any atom is -0.491 e. The molecule has 7 heteroatoms. The lowest BCUT2D eigenvalue weighted by Gasteiger charge is -2.22. The molecule has 1 amide bonds. The van der Waals surface area contributed by atoms with Crippen LogP contribution in [0.25, 0.3) is 0 Å². The van der Waals surface area contributed by atoms with Crippen LogP contribution in [-0.2, 0) is 4.74 Å². The molecule has 0 radical (unpaired) electrons. The van der Waals surface area contributed by atoms with E-state index >= 15 is 0 Å². The molecule has 1 fully saturated rings. The van der Waals surface area contributed by atoms with Crippen molar-refractivity contribution in [1.82, 2.24) is 5.32 Å². The fourth-order valence-electron chi connectivity index (χ4n) is 2.42. The zero-order valence-corrected chi connectivity index (χ0v) is 12.2. The Balaban J connectivity index is 2.12. The number of amides is 1. The Labute approximate surface area is 123 Å². The monoisotopic (exact) mass is 297 g/mol. The lowest BCUT2D eigenvalue weighted by atomic mass is 10.2. The Morgan fingerprint density at radius 1 is 1.57 bits per heavy atom. The Bertz CT molecular complexity index is 524. The molecular formula is C14H20FN3O3. The predicted octanol–water partition coefficient (Wildman–Crippen LogP) is 1.74. The maximum absolute atomic E-state index is 13.7. The van der Waals surface area contributed by atoms with Crippen molar-refractivity contribution in [2.75, 3.05) is 37.4 Å². The smallest absolute Gasteiger partial charge is 0.407 e. The Morgan fingerprint density at radius 2 is 2.33 bits per heavy atom. The van der Waals surface area contributed by atoms with Gasteiger partial charge in [0, 0.05) is 25.2 Å². The number of methoxy groups -OCH3 is 1. The number of benzene rings is 1. The first-order chi connectivity index (χ1) is 10.0. The second-order valence-corrected chi connectivity index (χ2v) is 4.84. The molecule has 1 atom stereocenters. The van der Waals surface area contributed by atoms with E-state index in [-0.39, 0.29) is 11.8 Å². The molecule has 1 aromatic rings. The number of nitrogens with one attached hydrogen (secondary N) is 1. The number of carbonyl (C=O) groups is 1. The molecule has 1 heterocycles. The summed E-state index contributed by atoms with van der Waals surface area (Å²) in [4.78, 5) is 13.2. The van der Waals surface area contributed by atoms with Crippen LogP contribution >= 0.6 is 0 Å². The third-order valence-corrected chi connectivity index (χ3v) is 3.42. The molecule has 1 saturated heterocycles. The Kier molecular flexibility index (Phi) is 4.72. The van der Waals surface area contributed by atoms with Crippen LogP contribution < -0.4 is 20.7 Å². The van der Waals surface area contributed by atoms with E-state index < -0.39 is 11.9 Å². The van der Waals surface area contributed by atoms with Crippen molar-refractivity contribution in [2.45, 2.75) is 19.4 Å². The number of rotatable bonds is 4. The topological polar surface area (TPSA) is 76.8 Å². The number of hydrogen-bond acceptors (Lipinski definition) is 5. The molecule has 0 spiro atoms. The van der Waals surface area contributed by atoms with E-state index in [0.29, 0.717) is 24.5 Å². The van der Waals surface area contributed by atoms with Crippen LogP contribution in [0.5, 0.6) is 5.75 Å². The summed E-state index contributed by atoms with van der Waals surface area (Å²) in [6, 6.07) is 2.85. The molecule has 1 aliphatic rings. The van der Waals surface area contributed by atoms with Crippen molar-refractivity contribution in [3.05, 3.63) is 17.9 Å². The minimum absolute atomic E-state index is 0.0163. The highest BCUT2D eigenvalue weighted by atomic mass is 19.1. The van der Waals surface area contributed by atoms with Crippen molar-refractivity contribution in [3.8, 4) is 5.75 Å². The van der Waals surface area contributed by atoms with Crippen LogP contribution in [0.1, 0.15) is 13.3 Å². The van der Waals surface area contributed by atoms with Crippen LogP contribution in [0.15, 0.2) is 12.1 Å². The van der Waals surface area contributed by atoms with Gasteiger partial charge in [0.1, 0.15) is 0 Å². The van der Waals surface area contributed by atoms with E-state index in [4.69, 9.17) is 10.5 Å². The SMILES string of the molecule is CCOc1cc(N2CCC(NC(=O)OC)C2)c(N)cc1F. The first-order valence-electron chi connectivity index (χ1n) is 6.86. The third kappa shape index (κ3) is 3.48. The molecule has 0 bridgehead atoms. The van der Waals surface area contributed by atoms with Gasteiger partial charge in [-0.2, -0.15) is 0 Å². The predicted molar refractivity (Wildman–Crippen MR) is 78.1 cm³/mol. The van der Waals surface area contributed by atoms with Crippen LogP contribution in [0.2, 0.25) is 0 Å². The van der Waals surface area contributed by atoms with Gasteiger partial charge in [0.25, 0.3) is 0 Å². The second kappa shape index (κ2) is 6.51. The zero-order chi connectivity index (χ0) is 15.4. The maximum atomic E-state index is 13.7. The van der Waals surface area contributed by atoms with Crippen LogP contribution in [0.3, 0.4) is 0 Å². The average Bonchev–Trinajstić information content (AvgIpc) is 2.90. The second-order valence-electron chi connectivity index (χ2n) is 4.84. The molecule has 0 saturated carbocycles. The first-order valence-corrected chi connectivity index (χ1v) is 6.86. The molecule has 0 aromatic heterocycles. The fourth-order valence-corrected chi connectivity index (χ4v) is 2.42. The van der Waals surface area contributed by atoms with Gasteiger partial charge in [-0.05, 0) is 13.3 Å². The summed E-state index contributed by atoms with van der Waals surface area (Å²) in [5.74, 6) is -0.285. The van der Waals surface area contributed by atoms with Gasteiger partial charge in [-0.15, -0.1) is 0 Å². The van der Waals surface area contributed by atoms with E-state index in [0.717, 1.165) is 13.0 Å². The van der Waals surface area contributed by atoms with Crippen molar-refractivity contribution < 1.29 is 18.7 Å². The van der Waals surface area contributed by atoms with Gasteiger partial charge in [-0.25, -0.2) is 9.18 Å². The van der Waals surface area contributed by atoms with Crippen molar-refractivity contribution >= 4 is 17.5 Å². The number of halogens is 1. The van der Waals surface area contributed by atoms with Gasteiger partial charge < -0.3 is 25.4 Å². The number of nitrogen functional groups attached to an aromatic ring is 1. The number of ether oxygens (including phenoxy) is 2. The van der Waals surface area contributed by atoms with Gasteiger partial charge >= 0.3 is 6.09 Å². The van der Waals surface area contributed by atoms with Gasteiger partial charge in [0.2, 0.25) is 0 Å². The van der Waals surface area contributed by atoms with Crippen LogP contribution in [0, 0.1) is 5.82 Å². The standard InChI is InChI=1S/C14H20FN3O3/c1-3-21-13-7-12(11(16)6-10(13)15)18-5-4-9(8-18)17-14(19)20-2/h6-7,9H,3-5,8,16H2,1-2H3,(H,17,19). The number of nitrogens with two attached hydrogens (primary N) is 1. The highest BCUT2D eigenvalue weighted by molar-refractivity contribution is 5.71. The highest BCUT2D eigenvalue weighted by Gasteiger charge is 2.26. The Morgan fingerprint density at radius 3 is 3.00 bits per heavy atom. The van der Waals surface area contributed by atoms with Gasteiger partial charge in [0.15, 0.2) is 11.6 Å². The van der Waals surface area contributed by atoms with Gasteiger partial charge in [-0.1, -0.05) is 0 Å². The first kappa shape index (κ1) is 15.2. The normalized spacial score (nSPS) is 17.7. The third-order valence-electron chi connectivity index (χ3n) is 3.42. The number of carbonyl (C=O) groups excluding carboxylic acids is 1. The van der Waals surface area contributed by atoms with Gasteiger partial charge in [-0.3, -0.25) is 0 Å². The summed E-state index contributed by atoms with van der Waals surface area (Å²) >= 11 is 0. The minimum atomic E-state index is -0.471. The molecule has 0 aliphatic carbocycles. The zero-order valence-electron chi connectivity index (χ0n) is 12.2. The molecule has 1 unspecified atom stereocenters. The molecule has 116 valence electrons. The molecule has 1 aliphatic heterocycles. The molecule has 1 aromatic carbocycles. The number of nitrogens with zero attached hydrogens (tertiary/aromatic N) is 1. The van der Waals surface area contributed by atoms with Crippen molar-refractivity contribution in [3.63, 3.8) is 0 Å². The summed E-state index contributed by atoms with van der Waals surface area (Å²) in [7, 11) is 1.33. The summed E-state index contributed by atoms with van der Waals surface area (Å²) in [5.41, 5.74) is 6.96. The lowest BCUT2D eigenvalue weighted by Crippen LogP contribution is -2.37. The van der Waals surface area contributed by atoms with Crippen molar-refractivity contribution in [2.24, 2.45) is 0 Å². The van der Waals surface area contributed by atoms with E-state index in [1.165, 1.54) is 13.2 Å². The van der Waals surface area contributed by atoms with Gasteiger partial charge in [0.05, 0.1) is 31.1 Å². The number of hydrogen-bond donors (Lipinski definition) is 2. The van der Waals surface area contributed by atoms with E-state index in [9.17, 15) is 9.18 Å². The number of alkyl carbamates (subject to hydrolysis) is 1. The van der Waals surface area contributed by atoms with Crippen LogP contribution in [-0.4, -0.2) is 38.9 Å². The molecule has 6 nitrogen and oxygen atoms in total. The molecular weight excluding hydrogens is 277 g/mol. The lowest BCUT2D eigenvalue weighted by molar-refractivity contribution is 0.167. The fraction of sp³-hybridized carbons (Fsp3) is 0.500. The highest BCUT2D eigenvalue weighted by Crippen LogP contribution is 2.33. The average molecular weight is 297 g/mol. The van der Waals surface area contributed by atoms with E-state index in [2.05, 4.69) is 10.1 Å². The molecule has 21 heavy (non-hydrogen) atoms. The maximum Gasteiger partial charge on any atom is 0.407 e. The largest absolute Gasteiger partial charge is 0.491 e. The van der Waals surface area contributed by atoms with E-state index in [1.54, 1.807) is 13.0 Å². The Hall–Kier alpha value is -2.18. The summed E-state index contributed by atoms with van der Waals surface area (Å²) in [6.45, 7) is 3.49. The quantitative estimate of drug-likeness (QED) is 0.828. The molecule has 3 N–H and O–H groups in total. The summed E-state index contributed by atoms with van der Waals surface area (Å²) in [5, 5.41) is 2.75.